The van der Waals surface area contributed by atoms with E-state index in [0.717, 1.165) is 23.7 Å². The fraction of sp³-hybridized carbons (Fsp3) is 1.00. The van der Waals surface area contributed by atoms with Crippen LogP contribution in [0.1, 0.15) is 52.9 Å². The molecule has 0 aromatic heterocycles. The summed E-state index contributed by atoms with van der Waals surface area (Å²) in [6, 6.07) is 0.712. The van der Waals surface area contributed by atoms with Crippen LogP contribution in [-0.4, -0.2) is 12.6 Å². The number of rotatable bonds is 5. The Morgan fingerprint density at radius 3 is 2.47 bits per heavy atom. The highest BCUT2D eigenvalue weighted by Gasteiger charge is 2.38. The molecule has 1 heteroatoms. The van der Waals surface area contributed by atoms with Crippen LogP contribution in [0, 0.1) is 23.7 Å². The van der Waals surface area contributed by atoms with E-state index < -0.39 is 0 Å². The summed E-state index contributed by atoms with van der Waals surface area (Å²) in [5.74, 6) is 4.02. The smallest absolute Gasteiger partial charge is 0.00412 e. The monoisotopic (exact) mass is 209 g/mol. The van der Waals surface area contributed by atoms with E-state index in [2.05, 4.69) is 26.1 Å². The molecule has 15 heavy (non-hydrogen) atoms. The average molecular weight is 209 g/mol. The molecule has 4 atom stereocenters. The third kappa shape index (κ3) is 2.96. The molecule has 1 nitrogen and oxygen atoms in total. The first-order valence-electron chi connectivity index (χ1n) is 6.88. The molecule has 0 aromatic carbocycles. The van der Waals surface area contributed by atoms with E-state index in [4.69, 9.17) is 0 Å². The maximum absolute atomic E-state index is 3.74. The van der Waals surface area contributed by atoms with E-state index in [0.29, 0.717) is 6.04 Å². The van der Waals surface area contributed by atoms with Crippen LogP contribution in [0.3, 0.4) is 0 Å². The zero-order chi connectivity index (χ0) is 10.8. The Labute approximate surface area is 95.0 Å². The topological polar surface area (TPSA) is 12.0 Å². The van der Waals surface area contributed by atoms with E-state index in [1.54, 1.807) is 6.42 Å². The number of nitrogens with one attached hydrogen (secondary N) is 1. The summed E-state index contributed by atoms with van der Waals surface area (Å²) >= 11 is 0. The van der Waals surface area contributed by atoms with Crippen molar-refractivity contribution in [1.29, 1.82) is 0 Å². The molecule has 0 radical (unpaired) electrons. The van der Waals surface area contributed by atoms with Gasteiger partial charge in [-0.2, -0.15) is 0 Å². The maximum atomic E-state index is 3.74. The van der Waals surface area contributed by atoms with Gasteiger partial charge in [0.05, 0.1) is 0 Å². The van der Waals surface area contributed by atoms with Crippen molar-refractivity contribution in [3.8, 4) is 0 Å². The second kappa shape index (κ2) is 4.86. The van der Waals surface area contributed by atoms with Gasteiger partial charge in [0.15, 0.2) is 0 Å². The lowest BCUT2D eigenvalue weighted by molar-refractivity contribution is 0.300. The fourth-order valence-corrected chi connectivity index (χ4v) is 3.77. The van der Waals surface area contributed by atoms with Gasteiger partial charge in [0.2, 0.25) is 0 Å². The molecule has 2 saturated carbocycles. The third-order valence-electron chi connectivity index (χ3n) is 4.44. The highest BCUT2D eigenvalue weighted by Crippen LogP contribution is 2.47. The van der Waals surface area contributed by atoms with Gasteiger partial charge in [0, 0.05) is 6.04 Å². The summed E-state index contributed by atoms with van der Waals surface area (Å²) in [7, 11) is 0. The molecule has 2 fully saturated rings. The SMILES string of the molecule is CC(C)CC(C)NCC1CC2CCC1C2. The standard InChI is InChI=1S/C14H27N/c1-10(2)6-11(3)15-9-14-8-12-4-5-13(14)7-12/h10-15H,4-9H2,1-3H3. The van der Waals surface area contributed by atoms with Crippen molar-refractivity contribution in [2.45, 2.75) is 58.9 Å². The Morgan fingerprint density at radius 1 is 1.13 bits per heavy atom. The Morgan fingerprint density at radius 2 is 1.93 bits per heavy atom. The summed E-state index contributed by atoms with van der Waals surface area (Å²) in [6.07, 6.45) is 7.44. The Kier molecular flexibility index (Phi) is 3.71. The van der Waals surface area contributed by atoms with Crippen molar-refractivity contribution >= 4 is 0 Å². The zero-order valence-corrected chi connectivity index (χ0v) is 10.6. The molecular weight excluding hydrogens is 182 g/mol. The molecule has 0 aliphatic heterocycles. The predicted molar refractivity (Wildman–Crippen MR) is 65.9 cm³/mol. The normalized spacial score (nSPS) is 36.4. The van der Waals surface area contributed by atoms with Gasteiger partial charge < -0.3 is 5.32 Å². The quantitative estimate of drug-likeness (QED) is 0.731. The molecule has 88 valence electrons. The third-order valence-corrected chi connectivity index (χ3v) is 4.44. The summed E-state index contributed by atoms with van der Waals surface area (Å²) in [5, 5.41) is 3.74. The fourth-order valence-electron chi connectivity index (χ4n) is 3.77. The first-order valence-corrected chi connectivity index (χ1v) is 6.88. The lowest BCUT2D eigenvalue weighted by Crippen LogP contribution is -2.33. The van der Waals surface area contributed by atoms with E-state index >= 15 is 0 Å². The summed E-state index contributed by atoms with van der Waals surface area (Å²) in [4.78, 5) is 0. The van der Waals surface area contributed by atoms with Crippen LogP contribution < -0.4 is 5.32 Å². The Hall–Kier alpha value is -0.0400. The van der Waals surface area contributed by atoms with Crippen LogP contribution in [0.25, 0.3) is 0 Å². The molecule has 2 bridgehead atoms. The number of fused-ring (bicyclic) bond motifs is 2. The van der Waals surface area contributed by atoms with Crippen LogP contribution >= 0.6 is 0 Å². The minimum atomic E-state index is 0.712. The van der Waals surface area contributed by atoms with E-state index in [1.165, 1.54) is 32.2 Å². The van der Waals surface area contributed by atoms with Crippen molar-refractivity contribution in [1.82, 2.24) is 5.32 Å². The number of hydrogen-bond acceptors (Lipinski definition) is 1. The largest absolute Gasteiger partial charge is 0.314 e. The first-order chi connectivity index (χ1) is 7.15. The van der Waals surface area contributed by atoms with Crippen LogP contribution in [-0.2, 0) is 0 Å². The average Bonchev–Trinajstić information content (AvgIpc) is 2.74. The minimum Gasteiger partial charge on any atom is -0.314 e. The lowest BCUT2D eigenvalue weighted by atomic mass is 9.88. The first kappa shape index (κ1) is 11.4. The summed E-state index contributed by atoms with van der Waals surface area (Å²) in [6.45, 7) is 8.26. The second-order valence-corrected chi connectivity index (χ2v) is 6.37. The Bertz CT molecular complexity index is 200. The van der Waals surface area contributed by atoms with Gasteiger partial charge in [-0.1, -0.05) is 20.3 Å². The van der Waals surface area contributed by atoms with Crippen molar-refractivity contribution in [3.05, 3.63) is 0 Å². The molecule has 0 spiro atoms. The van der Waals surface area contributed by atoms with Crippen LogP contribution in [0.4, 0.5) is 0 Å². The van der Waals surface area contributed by atoms with Gasteiger partial charge in [-0.3, -0.25) is 0 Å². The molecule has 1 N–H and O–H groups in total. The van der Waals surface area contributed by atoms with Crippen molar-refractivity contribution in [2.24, 2.45) is 23.7 Å². The molecule has 2 rings (SSSR count). The molecular formula is C14H27N. The van der Waals surface area contributed by atoms with Gasteiger partial charge in [-0.15, -0.1) is 0 Å². The molecule has 0 amide bonds. The molecule has 0 heterocycles. The van der Waals surface area contributed by atoms with Crippen LogP contribution in [0.5, 0.6) is 0 Å². The maximum Gasteiger partial charge on any atom is 0.00412 e. The van der Waals surface area contributed by atoms with E-state index in [9.17, 15) is 0 Å². The molecule has 0 aromatic rings. The Balaban J connectivity index is 1.66. The highest BCUT2D eigenvalue weighted by atomic mass is 14.9. The molecule has 2 aliphatic rings. The van der Waals surface area contributed by atoms with Crippen molar-refractivity contribution in [2.75, 3.05) is 6.54 Å². The molecule has 4 unspecified atom stereocenters. The van der Waals surface area contributed by atoms with Crippen molar-refractivity contribution < 1.29 is 0 Å². The van der Waals surface area contributed by atoms with Gasteiger partial charge in [-0.25, -0.2) is 0 Å². The van der Waals surface area contributed by atoms with Gasteiger partial charge in [0.1, 0.15) is 0 Å². The van der Waals surface area contributed by atoms with E-state index in [-0.39, 0.29) is 0 Å². The van der Waals surface area contributed by atoms with Gasteiger partial charge >= 0.3 is 0 Å². The lowest BCUT2D eigenvalue weighted by Gasteiger charge is -2.24. The predicted octanol–water partition coefficient (Wildman–Crippen LogP) is 3.45. The zero-order valence-electron chi connectivity index (χ0n) is 10.6. The van der Waals surface area contributed by atoms with E-state index in [1.807, 2.05) is 0 Å². The van der Waals surface area contributed by atoms with Gasteiger partial charge in [0.25, 0.3) is 0 Å². The minimum absolute atomic E-state index is 0.712. The number of hydrogen-bond donors (Lipinski definition) is 1. The molecule has 2 aliphatic carbocycles. The van der Waals surface area contributed by atoms with Crippen LogP contribution in [0.2, 0.25) is 0 Å². The van der Waals surface area contributed by atoms with Crippen molar-refractivity contribution in [3.63, 3.8) is 0 Å². The van der Waals surface area contributed by atoms with Gasteiger partial charge in [-0.05, 0) is 62.8 Å². The summed E-state index contributed by atoms with van der Waals surface area (Å²) < 4.78 is 0. The molecule has 0 saturated heterocycles. The highest BCUT2D eigenvalue weighted by molar-refractivity contribution is 4.91. The second-order valence-electron chi connectivity index (χ2n) is 6.37. The summed E-state index contributed by atoms with van der Waals surface area (Å²) in [5.41, 5.74) is 0. The van der Waals surface area contributed by atoms with Crippen LogP contribution in [0.15, 0.2) is 0 Å².